The number of carbonyl (C=O) groups excluding carboxylic acids is 1. The number of nitrogens with zero attached hydrogens (tertiary/aromatic N) is 4. The molecule has 0 amide bonds. The molecule has 0 spiro atoms. The van der Waals surface area contributed by atoms with Crippen LogP contribution in [0.5, 0.6) is 0 Å². The van der Waals surface area contributed by atoms with E-state index in [1.165, 1.54) is 11.8 Å². The van der Waals surface area contributed by atoms with Gasteiger partial charge < -0.3 is 4.52 Å². The Morgan fingerprint density at radius 3 is 2.88 bits per heavy atom. The van der Waals surface area contributed by atoms with Gasteiger partial charge in [0, 0.05) is 28.4 Å². The van der Waals surface area contributed by atoms with Crippen molar-refractivity contribution in [1.82, 2.24) is 19.7 Å². The Kier molecular flexibility index (Phi) is 4.37. The van der Waals surface area contributed by atoms with Gasteiger partial charge in [0.15, 0.2) is 11.6 Å². The monoisotopic (exact) mass is 384 g/mol. The highest BCUT2D eigenvalue weighted by molar-refractivity contribution is 8.00. The highest BCUT2D eigenvalue weighted by Gasteiger charge is 2.19. The number of Topliss-reactive ketones (excluding diaryl/α,β-unsaturated/α-hetero) is 1. The fourth-order valence-corrected chi connectivity index (χ4v) is 4.61. The van der Waals surface area contributed by atoms with Crippen LogP contribution in [-0.4, -0.2) is 31.2 Å². The summed E-state index contributed by atoms with van der Waals surface area (Å²) in [5.74, 6) is 1.82. The van der Waals surface area contributed by atoms with Crippen LogP contribution >= 0.6 is 23.1 Å². The van der Waals surface area contributed by atoms with Crippen molar-refractivity contribution in [3.8, 4) is 5.82 Å². The Morgan fingerprint density at radius 1 is 1.27 bits per heavy atom. The Hall–Kier alpha value is -2.45. The van der Waals surface area contributed by atoms with Gasteiger partial charge in [-0.3, -0.25) is 9.36 Å². The van der Waals surface area contributed by atoms with Crippen LogP contribution in [0.2, 0.25) is 0 Å². The lowest BCUT2D eigenvalue weighted by atomic mass is 10.2. The van der Waals surface area contributed by atoms with Gasteiger partial charge in [0.1, 0.15) is 21.9 Å². The maximum absolute atomic E-state index is 12.8. The molecule has 4 aromatic heterocycles. The van der Waals surface area contributed by atoms with E-state index in [1.807, 2.05) is 48.9 Å². The van der Waals surface area contributed by atoms with E-state index in [0.717, 1.165) is 32.4 Å². The van der Waals surface area contributed by atoms with Crippen LogP contribution in [0.25, 0.3) is 16.0 Å². The second-order valence-corrected chi connectivity index (χ2v) is 7.80. The second-order valence-electron chi connectivity index (χ2n) is 5.95. The number of aromatic nitrogens is 4. The van der Waals surface area contributed by atoms with Crippen molar-refractivity contribution in [1.29, 1.82) is 0 Å². The van der Waals surface area contributed by atoms with Gasteiger partial charge in [-0.15, -0.1) is 11.3 Å². The predicted octanol–water partition coefficient (Wildman–Crippen LogP) is 4.37. The molecular formula is C18H16N4O2S2. The van der Waals surface area contributed by atoms with Crippen molar-refractivity contribution in [3.05, 3.63) is 52.6 Å². The Bertz CT molecular complexity index is 1110. The lowest BCUT2D eigenvalue weighted by Gasteiger charge is -2.05. The van der Waals surface area contributed by atoms with Crippen molar-refractivity contribution < 1.29 is 9.32 Å². The van der Waals surface area contributed by atoms with Crippen molar-refractivity contribution in [3.63, 3.8) is 0 Å². The normalized spacial score (nSPS) is 11.3. The van der Waals surface area contributed by atoms with Gasteiger partial charge in [-0.1, -0.05) is 16.9 Å². The predicted molar refractivity (Wildman–Crippen MR) is 103 cm³/mol. The Morgan fingerprint density at radius 2 is 2.12 bits per heavy atom. The van der Waals surface area contributed by atoms with E-state index in [0.29, 0.717) is 17.1 Å². The molecule has 26 heavy (non-hydrogen) atoms. The number of hydrogen-bond acceptors (Lipinski definition) is 7. The Balaban J connectivity index is 1.58. The van der Waals surface area contributed by atoms with E-state index in [-0.39, 0.29) is 5.78 Å². The van der Waals surface area contributed by atoms with Crippen molar-refractivity contribution in [2.24, 2.45) is 0 Å². The van der Waals surface area contributed by atoms with Crippen LogP contribution in [-0.2, 0) is 0 Å². The van der Waals surface area contributed by atoms with Crippen LogP contribution in [0.4, 0.5) is 0 Å². The summed E-state index contributed by atoms with van der Waals surface area (Å²) in [6.07, 6.45) is 1.55. The van der Waals surface area contributed by atoms with Crippen LogP contribution in [0.3, 0.4) is 0 Å². The van der Waals surface area contributed by atoms with Gasteiger partial charge in [0.25, 0.3) is 0 Å². The number of carbonyl (C=O) groups is 1. The van der Waals surface area contributed by atoms with Gasteiger partial charge in [-0.2, -0.15) is 0 Å². The molecule has 0 bridgehead atoms. The summed E-state index contributed by atoms with van der Waals surface area (Å²) in [7, 11) is 0. The molecule has 0 atom stereocenters. The summed E-state index contributed by atoms with van der Waals surface area (Å²) in [6.45, 7) is 5.73. The number of ketones is 1. The number of fused-ring (bicyclic) bond motifs is 1. The van der Waals surface area contributed by atoms with Crippen LogP contribution < -0.4 is 0 Å². The number of aryl methyl sites for hydroxylation is 2. The van der Waals surface area contributed by atoms with E-state index in [2.05, 4.69) is 15.1 Å². The molecule has 0 radical (unpaired) electrons. The zero-order chi connectivity index (χ0) is 18.3. The Labute approximate surface area is 158 Å². The van der Waals surface area contributed by atoms with E-state index in [9.17, 15) is 4.79 Å². The molecule has 0 fully saturated rings. The van der Waals surface area contributed by atoms with Crippen molar-refractivity contribution >= 4 is 39.1 Å². The number of thiophene rings is 1. The van der Waals surface area contributed by atoms with Gasteiger partial charge in [0.05, 0.1) is 5.75 Å². The number of hydrogen-bond donors (Lipinski definition) is 0. The maximum Gasteiger partial charge on any atom is 0.180 e. The molecule has 0 N–H and O–H groups in total. The highest BCUT2D eigenvalue weighted by atomic mass is 32.2. The summed E-state index contributed by atoms with van der Waals surface area (Å²) < 4.78 is 7.10. The quantitative estimate of drug-likeness (QED) is 0.289. The largest absolute Gasteiger partial charge is 0.360 e. The zero-order valence-corrected chi connectivity index (χ0v) is 16.1. The summed E-state index contributed by atoms with van der Waals surface area (Å²) in [5, 5.41) is 7.88. The molecule has 0 saturated carbocycles. The van der Waals surface area contributed by atoms with Crippen LogP contribution in [0.15, 0.2) is 39.5 Å². The van der Waals surface area contributed by atoms with E-state index >= 15 is 0 Å². The lowest BCUT2D eigenvalue weighted by molar-refractivity contribution is 0.102. The van der Waals surface area contributed by atoms with E-state index in [4.69, 9.17) is 4.52 Å². The van der Waals surface area contributed by atoms with Crippen LogP contribution in [0, 0.1) is 20.8 Å². The molecule has 0 aliphatic rings. The third-order valence-corrected chi connectivity index (χ3v) is 5.97. The first-order valence-corrected chi connectivity index (χ1v) is 9.88. The molecule has 0 aromatic carbocycles. The maximum atomic E-state index is 12.8. The SMILES string of the molecule is Cc1cc(-n2c(C)cc(C(=O)CSc3ncnc4sccc34)c2C)no1. The fraction of sp³-hybridized carbons (Fsp3) is 0.222. The molecule has 4 heterocycles. The molecule has 0 aliphatic carbocycles. The minimum Gasteiger partial charge on any atom is -0.360 e. The van der Waals surface area contributed by atoms with E-state index < -0.39 is 0 Å². The zero-order valence-electron chi connectivity index (χ0n) is 14.5. The minimum absolute atomic E-state index is 0.0663. The minimum atomic E-state index is 0.0663. The molecule has 0 aliphatic heterocycles. The summed E-state index contributed by atoms with van der Waals surface area (Å²) in [5.41, 5.74) is 2.52. The molecule has 4 aromatic rings. The standard InChI is InChI=1S/C18H16N4O2S2/c1-10-6-14(12(3)22(10)16-7-11(2)24-21-16)15(23)8-26-18-13-4-5-25-17(13)19-9-20-18/h4-7,9H,8H2,1-3H3. The third kappa shape index (κ3) is 2.95. The molecule has 6 nitrogen and oxygen atoms in total. The molecule has 132 valence electrons. The first-order chi connectivity index (χ1) is 12.5. The summed E-state index contributed by atoms with van der Waals surface area (Å²) in [4.78, 5) is 22.3. The molecule has 4 rings (SSSR count). The topological polar surface area (TPSA) is 73.8 Å². The average molecular weight is 384 g/mol. The molecule has 0 unspecified atom stereocenters. The summed E-state index contributed by atoms with van der Waals surface area (Å²) in [6, 6.07) is 5.76. The summed E-state index contributed by atoms with van der Waals surface area (Å²) >= 11 is 3.01. The first kappa shape index (κ1) is 17.0. The third-order valence-electron chi connectivity index (χ3n) is 4.14. The molecule has 0 saturated heterocycles. The van der Waals surface area contributed by atoms with E-state index in [1.54, 1.807) is 17.7 Å². The fourth-order valence-electron chi connectivity index (χ4n) is 2.95. The van der Waals surface area contributed by atoms with Gasteiger partial charge >= 0.3 is 0 Å². The van der Waals surface area contributed by atoms with Crippen LogP contribution in [0.1, 0.15) is 27.5 Å². The van der Waals surface area contributed by atoms with Crippen molar-refractivity contribution in [2.45, 2.75) is 25.8 Å². The van der Waals surface area contributed by atoms with Crippen molar-refractivity contribution in [2.75, 3.05) is 5.75 Å². The van der Waals surface area contributed by atoms with Gasteiger partial charge in [-0.25, -0.2) is 9.97 Å². The first-order valence-electron chi connectivity index (χ1n) is 8.01. The van der Waals surface area contributed by atoms with Gasteiger partial charge in [0.2, 0.25) is 0 Å². The molecule has 8 heteroatoms. The number of rotatable bonds is 5. The number of thioether (sulfide) groups is 1. The second kappa shape index (κ2) is 6.69. The smallest absolute Gasteiger partial charge is 0.180 e. The average Bonchev–Trinajstić information content (AvgIpc) is 3.32. The lowest BCUT2D eigenvalue weighted by Crippen LogP contribution is -2.06. The highest BCUT2D eigenvalue weighted by Crippen LogP contribution is 2.29. The van der Waals surface area contributed by atoms with Gasteiger partial charge in [-0.05, 0) is 38.3 Å². The molecular weight excluding hydrogens is 368 g/mol.